The quantitative estimate of drug-likeness (QED) is 0.171. The highest BCUT2D eigenvalue weighted by atomic mass is 32.1. The summed E-state index contributed by atoms with van der Waals surface area (Å²) in [7, 11) is 0. The molecule has 3 aromatic rings. The summed E-state index contributed by atoms with van der Waals surface area (Å²) >= 11 is 5.73. The average molecular weight is 821 g/mol. The molecule has 17 heteroatoms. The number of aliphatic hydroxyl groups excluding tert-OH is 1. The van der Waals surface area contributed by atoms with Crippen LogP contribution in [-0.4, -0.2) is 101 Å². The van der Waals surface area contributed by atoms with Crippen LogP contribution in [0.4, 0.5) is 35.9 Å². The van der Waals surface area contributed by atoms with Crippen LogP contribution >= 0.6 is 12.2 Å². The number of thiocarbonyl (C=S) groups is 1. The molecule has 3 amide bonds. The number of rotatable bonds is 13. The zero-order valence-corrected chi connectivity index (χ0v) is 33.4. The lowest BCUT2D eigenvalue weighted by atomic mass is 10.0. The van der Waals surface area contributed by atoms with Crippen molar-refractivity contribution in [2.24, 2.45) is 0 Å². The zero-order valence-electron chi connectivity index (χ0n) is 32.6. The molecule has 13 nitrogen and oxygen atoms in total. The predicted molar refractivity (Wildman–Crippen MR) is 217 cm³/mol. The number of aliphatic hydroxyl groups is 1. The first-order chi connectivity index (χ1) is 27.6. The second-order valence-electron chi connectivity index (χ2n) is 15.1. The Balaban J connectivity index is 1.01. The van der Waals surface area contributed by atoms with Crippen molar-refractivity contribution in [2.45, 2.75) is 70.4 Å². The fourth-order valence-corrected chi connectivity index (χ4v) is 7.97. The molecular formula is C41H47F3N8O5S. The van der Waals surface area contributed by atoms with Crippen molar-refractivity contribution in [3.8, 4) is 11.8 Å². The largest absolute Gasteiger partial charge is 0.492 e. The molecule has 3 fully saturated rings. The Morgan fingerprint density at radius 2 is 1.72 bits per heavy atom. The van der Waals surface area contributed by atoms with E-state index in [0.717, 1.165) is 42.1 Å². The summed E-state index contributed by atoms with van der Waals surface area (Å²) in [5.74, 6) is -0.216. The number of halogens is 3. The zero-order chi connectivity index (χ0) is 41.8. The number of anilines is 4. The van der Waals surface area contributed by atoms with Gasteiger partial charge < -0.3 is 30.7 Å². The van der Waals surface area contributed by atoms with Crippen molar-refractivity contribution < 1.29 is 37.4 Å². The molecule has 3 saturated heterocycles. The number of alkyl halides is 3. The Morgan fingerprint density at radius 3 is 2.41 bits per heavy atom. The molecule has 3 aromatic carbocycles. The molecule has 308 valence electrons. The van der Waals surface area contributed by atoms with E-state index in [1.54, 1.807) is 49.1 Å². The van der Waals surface area contributed by atoms with Crippen LogP contribution in [0.25, 0.3) is 0 Å². The van der Waals surface area contributed by atoms with Crippen molar-refractivity contribution in [2.75, 3.05) is 66.3 Å². The molecule has 3 aliphatic rings. The number of aryl methyl sites for hydroxylation is 1. The number of nitrogens with zero attached hydrogens (tertiary/aromatic N) is 5. The van der Waals surface area contributed by atoms with E-state index in [1.165, 1.54) is 6.07 Å². The van der Waals surface area contributed by atoms with E-state index in [0.29, 0.717) is 68.3 Å². The summed E-state index contributed by atoms with van der Waals surface area (Å²) in [5, 5.41) is 27.5. The van der Waals surface area contributed by atoms with Gasteiger partial charge in [0.1, 0.15) is 30.2 Å². The van der Waals surface area contributed by atoms with Crippen LogP contribution in [0.15, 0.2) is 60.7 Å². The van der Waals surface area contributed by atoms with Crippen LogP contribution in [0.2, 0.25) is 0 Å². The number of carbonyl (C=O) groups is 3. The third kappa shape index (κ3) is 9.53. The van der Waals surface area contributed by atoms with E-state index in [1.807, 2.05) is 25.1 Å². The van der Waals surface area contributed by atoms with Gasteiger partial charge in [-0.25, -0.2) is 0 Å². The molecule has 58 heavy (non-hydrogen) atoms. The molecule has 6 rings (SSSR count). The van der Waals surface area contributed by atoms with Crippen LogP contribution in [-0.2, 0) is 27.0 Å². The van der Waals surface area contributed by atoms with E-state index in [4.69, 9.17) is 17.0 Å². The molecule has 3 aliphatic heterocycles. The number of amides is 3. The summed E-state index contributed by atoms with van der Waals surface area (Å²) in [6.45, 7) is 9.61. The molecule has 0 saturated carbocycles. The number of piperazine rings is 1. The van der Waals surface area contributed by atoms with E-state index in [-0.39, 0.29) is 29.2 Å². The first kappa shape index (κ1) is 42.3. The van der Waals surface area contributed by atoms with Crippen LogP contribution in [0, 0.1) is 11.3 Å². The standard InChI is InChI=1S/C41H47F3N8O5S/c1-4-6-26-21-31(52-39(58)51(38(56)40(52,2)3)30-10-9-27(24-45)32(23-30)41(42,43)44)11-13-34(26)57-20-19-49-15-17-50(18-16-49)25-36(54)47-29-8-5-7-28(22-29)46-33-12-14-35(53)48-37(33)55/h5,7-11,13,21-23,33,35,46,53H,4,6,12,14-20,25H2,1-3H3,(H,47,54)(H,48,55). The number of hydrogen-bond acceptors (Lipinski definition) is 10. The molecule has 0 spiro atoms. The Labute approximate surface area is 340 Å². The lowest BCUT2D eigenvalue weighted by Gasteiger charge is -2.34. The van der Waals surface area contributed by atoms with Gasteiger partial charge in [0.2, 0.25) is 11.8 Å². The van der Waals surface area contributed by atoms with Gasteiger partial charge in [-0.1, -0.05) is 19.4 Å². The Morgan fingerprint density at radius 1 is 1.02 bits per heavy atom. The number of benzene rings is 3. The lowest BCUT2D eigenvalue weighted by Crippen LogP contribution is -2.49. The third-order valence-electron chi connectivity index (χ3n) is 10.5. The smallest absolute Gasteiger partial charge is 0.417 e. The number of nitriles is 1. The Hall–Kier alpha value is -5.28. The second kappa shape index (κ2) is 17.7. The second-order valence-corrected chi connectivity index (χ2v) is 15.5. The SMILES string of the molecule is CCCc1cc(N2C(=S)N(c3ccc(C#N)c(C(F)(F)F)c3)C(=O)C2(C)C)ccc1OCCN1CCN(CC(=O)Nc2cccc(NC3CCC(O)NC3=O)c2)CC1. The van der Waals surface area contributed by atoms with Crippen molar-refractivity contribution in [1.82, 2.24) is 15.1 Å². The molecule has 0 aromatic heterocycles. The number of nitrogens with one attached hydrogen (secondary N) is 3. The van der Waals surface area contributed by atoms with Gasteiger partial charge in [0.15, 0.2) is 5.11 Å². The number of piperidine rings is 1. The topological polar surface area (TPSA) is 154 Å². The normalized spacial score (nSPS) is 20.1. The summed E-state index contributed by atoms with van der Waals surface area (Å²) in [5.41, 5.74) is -0.156. The maximum Gasteiger partial charge on any atom is 0.417 e. The molecule has 0 radical (unpaired) electrons. The summed E-state index contributed by atoms with van der Waals surface area (Å²) in [6, 6.07) is 16.9. The number of carbonyl (C=O) groups excluding carboxylic acids is 3. The average Bonchev–Trinajstić information content (AvgIpc) is 3.35. The van der Waals surface area contributed by atoms with Crippen molar-refractivity contribution in [3.63, 3.8) is 0 Å². The Kier molecular flexibility index (Phi) is 12.9. The van der Waals surface area contributed by atoms with E-state index >= 15 is 0 Å². The minimum Gasteiger partial charge on any atom is -0.492 e. The number of hydrogen-bond donors (Lipinski definition) is 4. The highest BCUT2D eigenvalue weighted by Gasteiger charge is 2.51. The minimum absolute atomic E-state index is 0.0245. The molecule has 4 N–H and O–H groups in total. The van der Waals surface area contributed by atoms with Gasteiger partial charge in [0, 0.05) is 49.8 Å². The summed E-state index contributed by atoms with van der Waals surface area (Å²) in [4.78, 5) is 45.9. The van der Waals surface area contributed by atoms with Crippen LogP contribution in [0.3, 0.4) is 0 Å². The van der Waals surface area contributed by atoms with Gasteiger partial charge >= 0.3 is 6.18 Å². The first-order valence-electron chi connectivity index (χ1n) is 19.2. The van der Waals surface area contributed by atoms with Gasteiger partial charge in [-0.05, 0) is 105 Å². The first-order valence-corrected chi connectivity index (χ1v) is 19.6. The van der Waals surface area contributed by atoms with Gasteiger partial charge in [-0.3, -0.25) is 29.1 Å². The molecular weight excluding hydrogens is 774 g/mol. The summed E-state index contributed by atoms with van der Waals surface area (Å²) in [6.07, 6.45) is -3.17. The monoisotopic (exact) mass is 820 g/mol. The highest BCUT2D eigenvalue weighted by Crippen LogP contribution is 2.40. The molecule has 2 atom stereocenters. The van der Waals surface area contributed by atoms with Crippen molar-refractivity contribution in [1.29, 1.82) is 5.26 Å². The van der Waals surface area contributed by atoms with Gasteiger partial charge in [-0.2, -0.15) is 18.4 Å². The third-order valence-corrected chi connectivity index (χ3v) is 10.9. The molecule has 3 heterocycles. The lowest BCUT2D eigenvalue weighted by molar-refractivity contribution is -0.137. The van der Waals surface area contributed by atoms with Gasteiger partial charge in [0.05, 0.1) is 29.4 Å². The summed E-state index contributed by atoms with van der Waals surface area (Å²) < 4.78 is 47.6. The van der Waals surface area contributed by atoms with Gasteiger partial charge in [-0.15, -0.1) is 0 Å². The fourth-order valence-electron chi connectivity index (χ4n) is 7.45. The van der Waals surface area contributed by atoms with Crippen molar-refractivity contribution in [3.05, 3.63) is 77.4 Å². The molecule has 2 unspecified atom stereocenters. The fraction of sp³-hybridized carbons (Fsp3) is 0.439. The van der Waals surface area contributed by atoms with E-state index in [9.17, 15) is 37.9 Å². The minimum atomic E-state index is -4.79. The maximum atomic E-state index is 13.8. The van der Waals surface area contributed by atoms with Gasteiger partial charge in [0.25, 0.3) is 5.91 Å². The van der Waals surface area contributed by atoms with Crippen LogP contribution < -0.4 is 30.5 Å². The van der Waals surface area contributed by atoms with Crippen LogP contribution in [0.1, 0.15) is 56.7 Å². The maximum absolute atomic E-state index is 13.8. The van der Waals surface area contributed by atoms with Crippen molar-refractivity contribution >= 4 is 57.8 Å². The van der Waals surface area contributed by atoms with E-state index in [2.05, 4.69) is 25.8 Å². The Bertz CT molecular complexity index is 2080. The molecule has 0 bridgehead atoms. The molecule has 0 aliphatic carbocycles. The van der Waals surface area contributed by atoms with Crippen LogP contribution in [0.5, 0.6) is 5.75 Å². The number of ether oxygens (including phenoxy) is 1. The van der Waals surface area contributed by atoms with E-state index < -0.39 is 41.0 Å². The predicted octanol–water partition coefficient (Wildman–Crippen LogP) is 5.09. The highest BCUT2D eigenvalue weighted by molar-refractivity contribution is 7.81.